The summed E-state index contributed by atoms with van der Waals surface area (Å²) in [6, 6.07) is 5.59. The van der Waals surface area contributed by atoms with Crippen LogP contribution in [0.4, 0.5) is 0 Å². The summed E-state index contributed by atoms with van der Waals surface area (Å²) < 4.78 is 0. The van der Waals surface area contributed by atoms with Crippen molar-refractivity contribution in [1.82, 2.24) is 10.2 Å². The van der Waals surface area contributed by atoms with Crippen LogP contribution in [0.25, 0.3) is 0 Å². The Labute approximate surface area is 126 Å². The van der Waals surface area contributed by atoms with Crippen molar-refractivity contribution in [3.05, 3.63) is 34.9 Å². The van der Waals surface area contributed by atoms with Crippen molar-refractivity contribution in [3.63, 3.8) is 0 Å². The zero-order valence-electron chi connectivity index (χ0n) is 12.9. The van der Waals surface area contributed by atoms with Crippen molar-refractivity contribution >= 4 is 11.8 Å². The molecule has 0 bridgehead atoms. The van der Waals surface area contributed by atoms with E-state index in [0.29, 0.717) is 5.56 Å². The van der Waals surface area contributed by atoms with Gasteiger partial charge in [-0.2, -0.15) is 0 Å². The lowest BCUT2D eigenvalue weighted by Crippen LogP contribution is -2.40. The average Bonchev–Trinajstić information content (AvgIpc) is 2.76. The summed E-state index contributed by atoms with van der Waals surface area (Å²) in [4.78, 5) is 26.1. The molecule has 1 aromatic carbocycles. The van der Waals surface area contributed by atoms with Gasteiger partial charge >= 0.3 is 0 Å². The van der Waals surface area contributed by atoms with E-state index in [4.69, 9.17) is 0 Å². The van der Waals surface area contributed by atoms with Gasteiger partial charge in [-0.05, 0) is 49.9 Å². The van der Waals surface area contributed by atoms with Crippen molar-refractivity contribution < 1.29 is 9.59 Å². The second-order valence-corrected chi connectivity index (χ2v) is 5.78. The molecule has 0 atom stereocenters. The molecule has 1 heterocycles. The maximum atomic E-state index is 12.1. The molecule has 1 aliphatic rings. The molecule has 0 unspecified atom stereocenters. The molecule has 114 valence electrons. The summed E-state index contributed by atoms with van der Waals surface area (Å²) in [6.07, 6.45) is 4.52. The fourth-order valence-corrected chi connectivity index (χ4v) is 2.57. The number of aryl methyl sites for hydroxylation is 2. The van der Waals surface area contributed by atoms with Crippen LogP contribution in [0.3, 0.4) is 0 Å². The average molecular weight is 288 g/mol. The highest BCUT2D eigenvalue weighted by Gasteiger charge is 2.16. The Morgan fingerprint density at radius 1 is 1.05 bits per heavy atom. The number of rotatable bonds is 3. The van der Waals surface area contributed by atoms with Crippen LogP contribution in [0.2, 0.25) is 0 Å². The molecule has 0 aromatic heterocycles. The first kappa shape index (κ1) is 15.5. The molecule has 21 heavy (non-hydrogen) atoms. The molecule has 1 aliphatic heterocycles. The Balaban J connectivity index is 1.87. The molecule has 1 fully saturated rings. The molecule has 4 nitrogen and oxygen atoms in total. The van der Waals surface area contributed by atoms with Crippen molar-refractivity contribution in [3.8, 4) is 0 Å². The number of hydrogen-bond acceptors (Lipinski definition) is 2. The van der Waals surface area contributed by atoms with Crippen LogP contribution in [-0.4, -0.2) is 36.3 Å². The summed E-state index contributed by atoms with van der Waals surface area (Å²) in [5.41, 5.74) is 2.86. The number of nitrogens with one attached hydrogen (secondary N) is 1. The molecule has 0 aliphatic carbocycles. The quantitative estimate of drug-likeness (QED) is 0.928. The second kappa shape index (κ2) is 7.25. The Bertz CT molecular complexity index is 518. The van der Waals surface area contributed by atoms with E-state index in [1.54, 1.807) is 6.07 Å². The van der Waals surface area contributed by atoms with Crippen molar-refractivity contribution in [2.75, 3.05) is 19.6 Å². The zero-order valence-corrected chi connectivity index (χ0v) is 12.9. The SMILES string of the molecule is Cc1ccc(C(=O)NCC(=O)N2CCCCCC2)cc1C. The number of benzene rings is 1. The smallest absolute Gasteiger partial charge is 0.251 e. The molecule has 4 heteroatoms. The van der Waals surface area contributed by atoms with E-state index in [9.17, 15) is 9.59 Å². The molecule has 0 saturated carbocycles. The Morgan fingerprint density at radius 3 is 2.33 bits per heavy atom. The van der Waals surface area contributed by atoms with Crippen LogP contribution in [0, 0.1) is 13.8 Å². The van der Waals surface area contributed by atoms with Crippen LogP contribution in [-0.2, 0) is 4.79 Å². The minimum absolute atomic E-state index is 0.0223. The Morgan fingerprint density at radius 2 is 1.71 bits per heavy atom. The van der Waals surface area contributed by atoms with E-state index in [2.05, 4.69) is 5.32 Å². The highest BCUT2D eigenvalue weighted by atomic mass is 16.2. The van der Waals surface area contributed by atoms with E-state index in [1.165, 1.54) is 12.8 Å². The zero-order chi connectivity index (χ0) is 15.2. The number of nitrogens with zero attached hydrogens (tertiary/aromatic N) is 1. The van der Waals surface area contributed by atoms with E-state index < -0.39 is 0 Å². The van der Waals surface area contributed by atoms with Gasteiger partial charge in [0, 0.05) is 18.7 Å². The molecule has 2 rings (SSSR count). The number of carbonyl (C=O) groups excluding carboxylic acids is 2. The van der Waals surface area contributed by atoms with Gasteiger partial charge in [0.25, 0.3) is 5.91 Å². The lowest BCUT2D eigenvalue weighted by atomic mass is 10.1. The van der Waals surface area contributed by atoms with E-state index in [0.717, 1.165) is 37.1 Å². The van der Waals surface area contributed by atoms with Gasteiger partial charge in [-0.1, -0.05) is 18.9 Å². The fourth-order valence-electron chi connectivity index (χ4n) is 2.57. The van der Waals surface area contributed by atoms with Crippen molar-refractivity contribution in [1.29, 1.82) is 0 Å². The lowest BCUT2D eigenvalue weighted by molar-refractivity contribution is -0.130. The number of amides is 2. The van der Waals surface area contributed by atoms with Crippen LogP contribution < -0.4 is 5.32 Å². The summed E-state index contributed by atoms with van der Waals surface area (Å²) in [6.45, 7) is 5.72. The Hall–Kier alpha value is -1.84. The van der Waals surface area contributed by atoms with Gasteiger partial charge in [0.15, 0.2) is 0 Å². The third-order valence-corrected chi connectivity index (χ3v) is 4.13. The van der Waals surface area contributed by atoms with Crippen molar-refractivity contribution in [2.45, 2.75) is 39.5 Å². The van der Waals surface area contributed by atoms with Gasteiger partial charge in [0.05, 0.1) is 6.54 Å². The van der Waals surface area contributed by atoms with Crippen LogP contribution in [0.15, 0.2) is 18.2 Å². The van der Waals surface area contributed by atoms with Gasteiger partial charge in [0.2, 0.25) is 5.91 Å². The predicted molar refractivity (Wildman–Crippen MR) is 83.3 cm³/mol. The van der Waals surface area contributed by atoms with Gasteiger partial charge in [0.1, 0.15) is 0 Å². The van der Waals surface area contributed by atoms with Crippen LogP contribution in [0.1, 0.15) is 47.2 Å². The number of hydrogen-bond donors (Lipinski definition) is 1. The third kappa shape index (κ3) is 4.31. The monoisotopic (exact) mass is 288 g/mol. The Kier molecular flexibility index (Phi) is 5.37. The molecule has 1 saturated heterocycles. The highest BCUT2D eigenvalue weighted by molar-refractivity contribution is 5.96. The highest BCUT2D eigenvalue weighted by Crippen LogP contribution is 2.11. The molecule has 0 radical (unpaired) electrons. The van der Waals surface area contributed by atoms with Gasteiger partial charge in [-0.3, -0.25) is 9.59 Å². The second-order valence-electron chi connectivity index (χ2n) is 5.78. The van der Waals surface area contributed by atoms with E-state index in [1.807, 2.05) is 30.9 Å². The third-order valence-electron chi connectivity index (χ3n) is 4.13. The topological polar surface area (TPSA) is 49.4 Å². The first-order chi connectivity index (χ1) is 10.1. The maximum absolute atomic E-state index is 12.1. The lowest BCUT2D eigenvalue weighted by Gasteiger charge is -2.20. The fraction of sp³-hybridized carbons (Fsp3) is 0.529. The summed E-state index contributed by atoms with van der Waals surface area (Å²) in [7, 11) is 0. The summed E-state index contributed by atoms with van der Waals surface area (Å²) >= 11 is 0. The maximum Gasteiger partial charge on any atom is 0.251 e. The number of likely N-dealkylation sites (tertiary alicyclic amines) is 1. The normalized spacial score (nSPS) is 15.4. The van der Waals surface area contributed by atoms with Gasteiger partial charge < -0.3 is 10.2 Å². The minimum atomic E-state index is -0.179. The first-order valence-corrected chi connectivity index (χ1v) is 7.71. The summed E-state index contributed by atoms with van der Waals surface area (Å²) in [5.74, 6) is -0.157. The van der Waals surface area contributed by atoms with Gasteiger partial charge in [-0.25, -0.2) is 0 Å². The molecule has 2 amide bonds. The van der Waals surface area contributed by atoms with Crippen molar-refractivity contribution in [2.24, 2.45) is 0 Å². The molecule has 0 spiro atoms. The molecule has 1 aromatic rings. The molecule has 1 N–H and O–H groups in total. The van der Waals surface area contributed by atoms with Crippen LogP contribution >= 0.6 is 0 Å². The standard InChI is InChI=1S/C17H24N2O2/c1-13-7-8-15(11-14(13)2)17(21)18-12-16(20)19-9-5-3-4-6-10-19/h7-8,11H,3-6,9-10,12H2,1-2H3,(H,18,21). The van der Waals surface area contributed by atoms with Crippen LogP contribution in [0.5, 0.6) is 0 Å². The summed E-state index contributed by atoms with van der Waals surface area (Å²) in [5, 5.41) is 2.73. The van der Waals surface area contributed by atoms with Gasteiger partial charge in [-0.15, -0.1) is 0 Å². The first-order valence-electron chi connectivity index (χ1n) is 7.71. The molecular formula is C17H24N2O2. The predicted octanol–water partition coefficient (Wildman–Crippen LogP) is 2.44. The largest absolute Gasteiger partial charge is 0.343 e. The minimum Gasteiger partial charge on any atom is -0.343 e. The van der Waals surface area contributed by atoms with E-state index in [-0.39, 0.29) is 18.4 Å². The number of carbonyl (C=O) groups is 2. The van der Waals surface area contributed by atoms with E-state index >= 15 is 0 Å². The molecular weight excluding hydrogens is 264 g/mol.